The molecule has 2 unspecified atom stereocenters. The molecule has 0 saturated carbocycles. The van der Waals surface area contributed by atoms with Gasteiger partial charge >= 0.3 is 11.9 Å². The van der Waals surface area contributed by atoms with Gasteiger partial charge in [0.1, 0.15) is 12.5 Å². The summed E-state index contributed by atoms with van der Waals surface area (Å²) in [6.07, 6.45) is 0. The lowest BCUT2D eigenvalue weighted by Gasteiger charge is -2.31. The number of nitro groups is 1. The molecular weight excluding hydrogens is 408 g/mol. The van der Waals surface area contributed by atoms with Crippen molar-refractivity contribution < 1.29 is 24.0 Å². The van der Waals surface area contributed by atoms with E-state index in [0.717, 1.165) is 4.88 Å². The van der Waals surface area contributed by atoms with E-state index in [0.29, 0.717) is 17.0 Å². The minimum absolute atomic E-state index is 0.0839. The smallest absolute Gasteiger partial charge is 0.336 e. The van der Waals surface area contributed by atoms with Crippen LogP contribution in [-0.4, -0.2) is 29.7 Å². The van der Waals surface area contributed by atoms with Crippen molar-refractivity contribution in [1.82, 2.24) is 0 Å². The number of aliphatic imine (C=N–C) groups is 1. The highest BCUT2D eigenvalue weighted by molar-refractivity contribution is 7.09. The number of esters is 2. The van der Waals surface area contributed by atoms with Crippen LogP contribution in [0.1, 0.15) is 30.2 Å². The Hall–Kier alpha value is -3.33. The van der Waals surface area contributed by atoms with E-state index in [4.69, 9.17) is 9.47 Å². The van der Waals surface area contributed by atoms with E-state index in [1.54, 1.807) is 19.9 Å². The second-order valence-electron chi connectivity index (χ2n) is 6.74. The Labute approximate surface area is 177 Å². The zero-order valence-corrected chi connectivity index (χ0v) is 17.5. The molecule has 2 heterocycles. The standard InChI is InChI=1S/C21H20N2O6S/c1-12-17(20(24)28-3)19(14-6-4-7-15(10-14)23(26)27)18(13(2)22-12)21(25)29-11-16-8-5-9-30-16/h4-10,17,19H,11H2,1-3H3. The predicted octanol–water partition coefficient (Wildman–Crippen LogP) is 4.02. The number of hydrogen-bond acceptors (Lipinski definition) is 8. The van der Waals surface area contributed by atoms with Crippen molar-refractivity contribution in [1.29, 1.82) is 0 Å². The summed E-state index contributed by atoms with van der Waals surface area (Å²) in [5, 5.41) is 13.1. The molecule has 0 amide bonds. The predicted molar refractivity (Wildman–Crippen MR) is 111 cm³/mol. The Kier molecular flexibility index (Phi) is 6.41. The van der Waals surface area contributed by atoms with Gasteiger partial charge in [-0.05, 0) is 30.9 Å². The second kappa shape index (κ2) is 9.00. The molecule has 1 aliphatic rings. The van der Waals surface area contributed by atoms with E-state index in [2.05, 4.69) is 4.99 Å². The van der Waals surface area contributed by atoms with E-state index in [1.807, 2.05) is 17.5 Å². The largest absolute Gasteiger partial charge is 0.468 e. The van der Waals surface area contributed by atoms with E-state index in [1.165, 1.54) is 36.6 Å². The lowest BCUT2D eigenvalue weighted by Crippen LogP contribution is -2.36. The van der Waals surface area contributed by atoms with Crippen molar-refractivity contribution in [2.24, 2.45) is 10.9 Å². The molecule has 30 heavy (non-hydrogen) atoms. The van der Waals surface area contributed by atoms with Gasteiger partial charge in [-0.25, -0.2) is 4.79 Å². The fourth-order valence-electron chi connectivity index (χ4n) is 3.54. The van der Waals surface area contributed by atoms with Crippen molar-refractivity contribution in [3.63, 3.8) is 0 Å². The number of carbonyl (C=O) groups is 2. The number of hydrogen-bond donors (Lipinski definition) is 0. The number of rotatable bonds is 6. The van der Waals surface area contributed by atoms with Gasteiger partial charge in [-0.15, -0.1) is 11.3 Å². The van der Waals surface area contributed by atoms with Gasteiger partial charge in [-0.2, -0.15) is 0 Å². The average molecular weight is 428 g/mol. The van der Waals surface area contributed by atoms with Crippen LogP contribution < -0.4 is 0 Å². The van der Waals surface area contributed by atoms with Gasteiger partial charge in [0.2, 0.25) is 0 Å². The van der Waals surface area contributed by atoms with Crippen molar-refractivity contribution in [2.75, 3.05) is 7.11 Å². The minimum atomic E-state index is -0.898. The van der Waals surface area contributed by atoms with Crippen molar-refractivity contribution in [3.05, 3.63) is 73.6 Å². The number of methoxy groups -OCH3 is 1. The Balaban J connectivity index is 2.06. The first-order chi connectivity index (χ1) is 14.3. The fourth-order valence-corrected chi connectivity index (χ4v) is 4.15. The lowest BCUT2D eigenvalue weighted by atomic mass is 9.75. The molecule has 3 rings (SSSR count). The number of non-ortho nitro benzene ring substituents is 1. The first-order valence-electron chi connectivity index (χ1n) is 9.11. The normalized spacial score (nSPS) is 18.6. The summed E-state index contributed by atoms with van der Waals surface area (Å²) < 4.78 is 10.4. The van der Waals surface area contributed by atoms with Crippen LogP contribution >= 0.6 is 11.3 Å². The number of nitro benzene ring substituents is 1. The molecule has 0 bridgehead atoms. The summed E-state index contributed by atoms with van der Waals surface area (Å²) in [5.41, 5.74) is 1.36. The molecule has 8 nitrogen and oxygen atoms in total. The number of carbonyl (C=O) groups excluding carboxylic acids is 2. The molecule has 1 aromatic carbocycles. The zero-order valence-electron chi connectivity index (χ0n) is 16.7. The van der Waals surface area contributed by atoms with E-state index in [9.17, 15) is 19.7 Å². The fraction of sp³-hybridized carbons (Fsp3) is 0.286. The Morgan fingerprint density at radius 3 is 2.63 bits per heavy atom. The molecule has 2 aromatic rings. The zero-order chi connectivity index (χ0) is 21.8. The van der Waals surface area contributed by atoms with Crippen molar-refractivity contribution in [2.45, 2.75) is 26.4 Å². The molecular formula is C21H20N2O6S. The Morgan fingerprint density at radius 1 is 1.23 bits per heavy atom. The number of ether oxygens (including phenoxy) is 2. The summed E-state index contributed by atoms with van der Waals surface area (Å²) in [6, 6.07) is 9.58. The molecule has 0 spiro atoms. The molecule has 0 aliphatic carbocycles. The Morgan fingerprint density at radius 2 is 2.00 bits per heavy atom. The highest BCUT2D eigenvalue weighted by Gasteiger charge is 2.42. The quantitative estimate of drug-likeness (QED) is 0.391. The maximum atomic E-state index is 13.0. The highest BCUT2D eigenvalue weighted by atomic mass is 32.1. The third-order valence-corrected chi connectivity index (χ3v) is 5.72. The molecule has 0 fully saturated rings. The van der Waals surface area contributed by atoms with Crippen LogP contribution in [0, 0.1) is 16.0 Å². The molecule has 156 valence electrons. The molecule has 2 atom stereocenters. The van der Waals surface area contributed by atoms with Gasteiger partial charge in [0.15, 0.2) is 0 Å². The monoisotopic (exact) mass is 428 g/mol. The van der Waals surface area contributed by atoms with Gasteiger partial charge in [0, 0.05) is 34.3 Å². The minimum Gasteiger partial charge on any atom is -0.468 e. The van der Waals surface area contributed by atoms with E-state index in [-0.39, 0.29) is 17.9 Å². The number of thiophene rings is 1. The average Bonchev–Trinajstić information content (AvgIpc) is 3.24. The second-order valence-corrected chi connectivity index (χ2v) is 7.77. The van der Waals surface area contributed by atoms with Gasteiger partial charge in [0.25, 0.3) is 5.69 Å². The van der Waals surface area contributed by atoms with Crippen molar-refractivity contribution in [3.8, 4) is 0 Å². The molecule has 0 radical (unpaired) electrons. The lowest BCUT2D eigenvalue weighted by molar-refractivity contribution is -0.384. The van der Waals surface area contributed by atoms with Crippen LogP contribution in [-0.2, 0) is 25.7 Å². The Bertz CT molecular complexity index is 1040. The number of benzene rings is 1. The molecule has 0 N–H and O–H groups in total. The molecule has 9 heteroatoms. The van der Waals surface area contributed by atoms with E-state index >= 15 is 0 Å². The summed E-state index contributed by atoms with van der Waals surface area (Å²) in [7, 11) is 1.25. The first kappa shape index (κ1) is 21.4. The number of allylic oxidation sites excluding steroid dienone is 1. The highest BCUT2D eigenvalue weighted by Crippen LogP contribution is 2.41. The SMILES string of the molecule is COC(=O)C1C(C)=NC(C)=C(C(=O)OCc2cccs2)C1c1cccc([N+](=O)[O-])c1. The van der Waals surface area contributed by atoms with Gasteiger partial charge in [-0.3, -0.25) is 19.9 Å². The molecule has 1 aliphatic heterocycles. The van der Waals surface area contributed by atoms with Crippen LogP contribution in [0.25, 0.3) is 0 Å². The van der Waals surface area contributed by atoms with Crippen LogP contribution in [0.2, 0.25) is 0 Å². The van der Waals surface area contributed by atoms with Crippen LogP contribution in [0.3, 0.4) is 0 Å². The van der Waals surface area contributed by atoms with Crippen LogP contribution in [0.5, 0.6) is 0 Å². The van der Waals surface area contributed by atoms with Gasteiger partial charge in [0.05, 0.1) is 17.6 Å². The topological polar surface area (TPSA) is 108 Å². The van der Waals surface area contributed by atoms with Gasteiger partial charge < -0.3 is 9.47 Å². The first-order valence-corrected chi connectivity index (χ1v) is 9.99. The van der Waals surface area contributed by atoms with Gasteiger partial charge in [-0.1, -0.05) is 18.2 Å². The summed E-state index contributed by atoms with van der Waals surface area (Å²) in [5.74, 6) is -2.91. The molecule has 1 aromatic heterocycles. The third-order valence-electron chi connectivity index (χ3n) is 4.87. The summed E-state index contributed by atoms with van der Waals surface area (Å²) in [4.78, 5) is 41.6. The summed E-state index contributed by atoms with van der Waals surface area (Å²) >= 11 is 1.45. The van der Waals surface area contributed by atoms with Crippen LogP contribution in [0.4, 0.5) is 5.69 Å². The maximum absolute atomic E-state index is 13.0. The van der Waals surface area contributed by atoms with E-state index < -0.39 is 28.7 Å². The molecule has 0 saturated heterocycles. The summed E-state index contributed by atoms with van der Waals surface area (Å²) in [6.45, 7) is 3.41. The number of nitrogens with zero attached hydrogens (tertiary/aromatic N) is 2. The third kappa shape index (κ3) is 4.30. The van der Waals surface area contributed by atoms with Crippen molar-refractivity contribution >= 4 is 34.7 Å². The van der Waals surface area contributed by atoms with Crippen LogP contribution in [0.15, 0.2) is 58.0 Å². The maximum Gasteiger partial charge on any atom is 0.336 e.